The number of fused-ring (bicyclic) bond motifs is 1. The Hall–Kier alpha value is -1.32. The van der Waals surface area contributed by atoms with Crippen molar-refractivity contribution in [2.24, 2.45) is 7.05 Å². The van der Waals surface area contributed by atoms with Crippen LogP contribution in [0.3, 0.4) is 0 Å². The van der Waals surface area contributed by atoms with Crippen LogP contribution in [0.15, 0.2) is 0 Å². The highest BCUT2D eigenvalue weighted by molar-refractivity contribution is 5.68. The SMILES string of the molecule is Cc1c2c(nn1C)C(CC(=O)O)CCC2. The molecule has 82 valence electrons. The number of nitrogens with zero attached hydrogens (tertiary/aromatic N) is 2. The van der Waals surface area contributed by atoms with E-state index in [0.29, 0.717) is 0 Å². The van der Waals surface area contributed by atoms with Crippen LogP contribution >= 0.6 is 0 Å². The number of aliphatic carboxylic acids is 1. The van der Waals surface area contributed by atoms with Gasteiger partial charge in [0.05, 0.1) is 12.1 Å². The third-order valence-electron chi connectivity index (χ3n) is 3.28. The maximum absolute atomic E-state index is 10.7. The lowest BCUT2D eigenvalue weighted by atomic mass is 9.85. The molecule has 0 saturated heterocycles. The van der Waals surface area contributed by atoms with E-state index in [4.69, 9.17) is 5.11 Å². The first kappa shape index (κ1) is 10.2. The molecule has 1 aliphatic carbocycles. The lowest BCUT2D eigenvalue weighted by molar-refractivity contribution is -0.137. The van der Waals surface area contributed by atoms with Crippen LogP contribution in [-0.2, 0) is 18.3 Å². The summed E-state index contributed by atoms with van der Waals surface area (Å²) in [5.41, 5.74) is 3.47. The van der Waals surface area contributed by atoms with Crippen molar-refractivity contribution in [2.45, 2.75) is 38.5 Å². The van der Waals surface area contributed by atoms with Crippen molar-refractivity contribution in [3.8, 4) is 0 Å². The average molecular weight is 208 g/mol. The van der Waals surface area contributed by atoms with Crippen LogP contribution in [0.1, 0.15) is 42.1 Å². The molecule has 1 aromatic rings. The fourth-order valence-corrected chi connectivity index (χ4v) is 2.39. The van der Waals surface area contributed by atoms with Crippen molar-refractivity contribution in [2.75, 3.05) is 0 Å². The van der Waals surface area contributed by atoms with E-state index in [1.165, 1.54) is 11.3 Å². The van der Waals surface area contributed by atoms with Gasteiger partial charge in [-0.05, 0) is 31.7 Å². The van der Waals surface area contributed by atoms with Gasteiger partial charge in [-0.25, -0.2) is 0 Å². The van der Waals surface area contributed by atoms with Crippen LogP contribution in [-0.4, -0.2) is 20.9 Å². The Labute approximate surface area is 88.9 Å². The van der Waals surface area contributed by atoms with Crippen LogP contribution in [0.25, 0.3) is 0 Å². The van der Waals surface area contributed by atoms with Gasteiger partial charge in [-0.3, -0.25) is 9.48 Å². The maximum Gasteiger partial charge on any atom is 0.304 e. The predicted molar refractivity (Wildman–Crippen MR) is 55.9 cm³/mol. The normalized spacial score (nSPS) is 20.0. The minimum atomic E-state index is -0.726. The van der Waals surface area contributed by atoms with Crippen LogP contribution in [0.4, 0.5) is 0 Å². The lowest BCUT2D eigenvalue weighted by Crippen LogP contribution is -2.13. The quantitative estimate of drug-likeness (QED) is 0.803. The summed E-state index contributed by atoms with van der Waals surface area (Å²) in [6.45, 7) is 2.05. The number of aromatic nitrogens is 2. The van der Waals surface area contributed by atoms with Gasteiger partial charge >= 0.3 is 5.97 Å². The zero-order valence-electron chi connectivity index (χ0n) is 9.16. The van der Waals surface area contributed by atoms with E-state index in [9.17, 15) is 4.79 Å². The fraction of sp³-hybridized carbons (Fsp3) is 0.636. The number of aryl methyl sites for hydroxylation is 1. The molecule has 15 heavy (non-hydrogen) atoms. The molecule has 2 rings (SSSR count). The van der Waals surface area contributed by atoms with Gasteiger partial charge in [-0.15, -0.1) is 0 Å². The minimum absolute atomic E-state index is 0.117. The maximum atomic E-state index is 10.7. The Morgan fingerprint density at radius 3 is 3.07 bits per heavy atom. The molecule has 0 aliphatic heterocycles. The summed E-state index contributed by atoms with van der Waals surface area (Å²) in [4.78, 5) is 10.7. The molecule has 1 aromatic heterocycles. The van der Waals surface area contributed by atoms with E-state index in [-0.39, 0.29) is 12.3 Å². The van der Waals surface area contributed by atoms with Gasteiger partial charge in [-0.2, -0.15) is 5.10 Å². The number of carboxylic acid groups (broad SMARTS) is 1. The fourth-order valence-electron chi connectivity index (χ4n) is 2.39. The summed E-state index contributed by atoms with van der Waals surface area (Å²) in [6.07, 6.45) is 3.29. The second kappa shape index (κ2) is 3.68. The Balaban J connectivity index is 2.34. The molecule has 1 aliphatic rings. The summed E-state index contributed by atoms with van der Waals surface area (Å²) in [5.74, 6) is -0.609. The van der Waals surface area contributed by atoms with Crippen LogP contribution < -0.4 is 0 Å². The topological polar surface area (TPSA) is 55.1 Å². The Kier molecular flexibility index (Phi) is 2.50. The van der Waals surface area contributed by atoms with Crippen LogP contribution in [0.2, 0.25) is 0 Å². The predicted octanol–water partition coefficient (Wildman–Crippen LogP) is 1.62. The highest BCUT2D eigenvalue weighted by Gasteiger charge is 2.27. The third-order valence-corrected chi connectivity index (χ3v) is 3.28. The van der Waals surface area contributed by atoms with Crippen LogP contribution in [0.5, 0.6) is 0 Å². The van der Waals surface area contributed by atoms with Crippen molar-refractivity contribution >= 4 is 5.97 Å². The molecular formula is C11H16N2O2. The lowest BCUT2D eigenvalue weighted by Gasteiger charge is -2.19. The third kappa shape index (κ3) is 1.76. The molecule has 0 saturated carbocycles. The van der Waals surface area contributed by atoms with E-state index in [1.807, 2.05) is 11.7 Å². The molecule has 1 N–H and O–H groups in total. The van der Waals surface area contributed by atoms with Gasteiger partial charge in [0.2, 0.25) is 0 Å². The first-order valence-electron chi connectivity index (χ1n) is 5.33. The molecule has 0 radical (unpaired) electrons. The van der Waals surface area contributed by atoms with E-state index >= 15 is 0 Å². The first-order valence-corrected chi connectivity index (χ1v) is 5.33. The van der Waals surface area contributed by atoms with Gasteiger partial charge in [0.25, 0.3) is 0 Å². The molecule has 1 heterocycles. The van der Waals surface area contributed by atoms with Crippen molar-refractivity contribution in [1.29, 1.82) is 0 Å². The summed E-state index contributed by atoms with van der Waals surface area (Å²) in [6, 6.07) is 0. The van der Waals surface area contributed by atoms with Crippen molar-refractivity contribution in [1.82, 2.24) is 9.78 Å². The highest BCUT2D eigenvalue weighted by Crippen LogP contribution is 2.34. The Bertz CT molecular complexity index is 396. The Morgan fingerprint density at radius 1 is 1.67 bits per heavy atom. The van der Waals surface area contributed by atoms with Crippen LogP contribution in [0, 0.1) is 6.92 Å². The van der Waals surface area contributed by atoms with E-state index in [1.54, 1.807) is 0 Å². The monoisotopic (exact) mass is 208 g/mol. The summed E-state index contributed by atoms with van der Waals surface area (Å²) in [5, 5.41) is 13.3. The molecule has 0 amide bonds. The highest BCUT2D eigenvalue weighted by atomic mass is 16.4. The molecule has 0 aromatic carbocycles. The van der Waals surface area contributed by atoms with E-state index in [0.717, 1.165) is 25.0 Å². The van der Waals surface area contributed by atoms with E-state index < -0.39 is 5.97 Å². The molecule has 4 heteroatoms. The van der Waals surface area contributed by atoms with Crippen molar-refractivity contribution in [3.05, 3.63) is 17.0 Å². The average Bonchev–Trinajstić information content (AvgIpc) is 2.45. The second-order valence-corrected chi connectivity index (χ2v) is 4.26. The standard InChI is InChI=1S/C11H16N2O2/c1-7-9-5-3-4-8(6-10(14)15)11(9)12-13(7)2/h8H,3-6H2,1-2H3,(H,14,15). The second-order valence-electron chi connectivity index (χ2n) is 4.26. The largest absolute Gasteiger partial charge is 0.481 e. The number of carbonyl (C=O) groups is 1. The van der Waals surface area contributed by atoms with Crippen molar-refractivity contribution < 1.29 is 9.90 Å². The zero-order chi connectivity index (χ0) is 11.0. The summed E-state index contributed by atoms with van der Waals surface area (Å²) < 4.78 is 1.87. The molecular weight excluding hydrogens is 192 g/mol. The molecule has 4 nitrogen and oxygen atoms in total. The molecule has 1 unspecified atom stereocenters. The molecule has 0 fully saturated rings. The number of hydrogen-bond acceptors (Lipinski definition) is 2. The van der Waals surface area contributed by atoms with Gasteiger partial charge < -0.3 is 5.11 Å². The van der Waals surface area contributed by atoms with Gasteiger partial charge in [0.15, 0.2) is 0 Å². The van der Waals surface area contributed by atoms with Gasteiger partial charge in [0.1, 0.15) is 0 Å². The van der Waals surface area contributed by atoms with Gasteiger partial charge in [0, 0.05) is 18.7 Å². The number of rotatable bonds is 2. The molecule has 0 spiro atoms. The minimum Gasteiger partial charge on any atom is -0.481 e. The Morgan fingerprint density at radius 2 is 2.40 bits per heavy atom. The molecule has 1 atom stereocenters. The van der Waals surface area contributed by atoms with Crippen molar-refractivity contribution in [3.63, 3.8) is 0 Å². The zero-order valence-corrected chi connectivity index (χ0v) is 9.16. The number of hydrogen-bond donors (Lipinski definition) is 1. The summed E-state index contributed by atoms with van der Waals surface area (Å²) in [7, 11) is 1.92. The smallest absolute Gasteiger partial charge is 0.304 e. The number of carboxylic acids is 1. The van der Waals surface area contributed by atoms with E-state index in [2.05, 4.69) is 12.0 Å². The first-order chi connectivity index (χ1) is 7.09. The molecule has 0 bridgehead atoms. The van der Waals surface area contributed by atoms with Gasteiger partial charge in [-0.1, -0.05) is 0 Å². The summed E-state index contributed by atoms with van der Waals surface area (Å²) >= 11 is 0.